The molecule has 5 nitrogen and oxygen atoms in total. The summed E-state index contributed by atoms with van der Waals surface area (Å²) in [6.45, 7) is 0. The lowest BCUT2D eigenvalue weighted by Gasteiger charge is -2.11. The van der Waals surface area contributed by atoms with Crippen LogP contribution in [0.15, 0.2) is 79.3 Å². The first-order valence-electron chi connectivity index (χ1n) is 8.43. The van der Waals surface area contributed by atoms with E-state index < -0.39 is 17.5 Å². The number of hydrogen-bond donors (Lipinski definition) is 1. The molecule has 0 aliphatic rings. The van der Waals surface area contributed by atoms with Gasteiger partial charge < -0.3 is 5.32 Å². The summed E-state index contributed by atoms with van der Waals surface area (Å²) >= 11 is 0. The molecule has 2 aromatic heterocycles. The lowest BCUT2D eigenvalue weighted by Crippen LogP contribution is -2.13. The molecule has 2 aromatic carbocycles. The molecule has 0 unspecified atom stereocenters. The number of anilines is 1. The van der Waals surface area contributed by atoms with Gasteiger partial charge >= 0.3 is 0 Å². The Hall–Kier alpha value is -3.87. The summed E-state index contributed by atoms with van der Waals surface area (Å²) in [7, 11) is 0. The quantitative estimate of drug-likeness (QED) is 0.572. The number of amides is 1. The third-order valence-electron chi connectivity index (χ3n) is 4.10. The van der Waals surface area contributed by atoms with E-state index in [4.69, 9.17) is 0 Å². The van der Waals surface area contributed by atoms with E-state index in [9.17, 15) is 13.6 Å². The molecule has 0 fully saturated rings. The molecule has 0 bridgehead atoms. The van der Waals surface area contributed by atoms with E-state index in [0.717, 1.165) is 0 Å². The summed E-state index contributed by atoms with van der Waals surface area (Å²) in [6.07, 6.45) is 4.58. The highest BCUT2D eigenvalue weighted by molar-refractivity contribution is 6.08. The molecule has 0 aliphatic heterocycles. The number of carbonyl (C=O) groups excluding carboxylic acids is 1. The Morgan fingerprint density at radius 2 is 1.64 bits per heavy atom. The minimum atomic E-state index is -0.458. The maximum absolute atomic E-state index is 13.7. The molecular formula is C21H14F2N4O. The molecule has 0 radical (unpaired) electrons. The molecule has 0 atom stereocenters. The van der Waals surface area contributed by atoms with Crippen LogP contribution in [-0.2, 0) is 0 Å². The third-order valence-corrected chi connectivity index (χ3v) is 4.10. The van der Waals surface area contributed by atoms with Crippen LogP contribution in [0.4, 0.5) is 14.5 Å². The Morgan fingerprint density at radius 1 is 0.929 bits per heavy atom. The average molecular weight is 376 g/mol. The van der Waals surface area contributed by atoms with Gasteiger partial charge in [0.05, 0.1) is 23.1 Å². The van der Waals surface area contributed by atoms with Gasteiger partial charge in [-0.05, 0) is 48.5 Å². The SMILES string of the molecule is O=C(Nc1cccc(F)c1)c1cnn(-c2cccc(F)c2)c1-c1ccncc1. The zero-order valence-electron chi connectivity index (χ0n) is 14.5. The van der Waals surface area contributed by atoms with Gasteiger partial charge in [-0.15, -0.1) is 0 Å². The van der Waals surface area contributed by atoms with Crippen LogP contribution in [-0.4, -0.2) is 20.7 Å². The van der Waals surface area contributed by atoms with E-state index in [2.05, 4.69) is 15.4 Å². The molecule has 0 saturated heterocycles. The molecule has 0 spiro atoms. The Morgan fingerprint density at radius 3 is 2.36 bits per heavy atom. The van der Waals surface area contributed by atoms with Gasteiger partial charge in [-0.25, -0.2) is 13.5 Å². The van der Waals surface area contributed by atoms with Gasteiger partial charge in [0.25, 0.3) is 5.91 Å². The van der Waals surface area contributed by atoms with Crippen molar-refractivity contribution in [2.75, 3.05) is 5.32 Å². The van der Waals surface area contributed by atoms with E-state index >= 15 is 0 Å². The number of aromatic nitrogens is 3. The summed E-state index contributed by atoms with van der Waals surface area (Å²) in [5.74, 6) is -1.33. The minimum absolute atomic E-state index is 0.264. The second-order valence-electron chi connectivity index (χ2n) is 6.00. The van der Waals surface area contributed by atoms with Crippen molar-refractivity contribution in [2.45, 2.75) is 0 Å². The summed E-state index contributed by atoms with van der Waals surface area (Å²) in [4.78, 5) is 16.8. The van der Waals surface area contributed by atoms with Crippen LogP contribution in [0.1, 0.15) is 10.4 Å². The normalized spacial score (nSPS) is 10.6. The molecule has 4 aromatic rings. The third kappa shape index (κ3) is 3.50. The van der Waals surface area contributed by atoms with Crippen LogP contribution in [0.5, 0.6) is 0 Å². The van der Waals surface area contributed by atoms with E-state index in [1.165, 1.54) is 41.2 Å². The largest absolute Gasteiger partial charge is 0.322 e. The molecule has 2 heterocycles. The summed E-state index contributed by atoms with van der Waals surface area (Å²) < 4.78 is 28.6. The Bertz CT molecular complexity index is 1140. The fraction of sp³-hybridized carbons (Fsp3) is 0. The van der Waals surface area contributed by atoms with Gasteiger partial charge in [-0.2, -0.15) is 5.10 Å². The van der Waals surface area contributed by atoms with E-state index in [1.807, 2.05) is 0 Å². The van der Waals surface area contributed by atoms with Crippen LogP contribution >= 0.6 is 0 Å². The van der Waals surface area contributed by atoms with Crippen LogP contribution in [0.3, 0.4) is 0 Å². The van der Waals surface area contributed by atoms with Gasteiger partial charge in [0, 0.05) is 23.6 Å². The Balaban J connectivity index is 1.80. The van der Waals surface area contributed by atoms with Crippen LogP contribution in [0, 0.1) is 11.6 Å². The monoisotopic (exact) mass is 376 g/mol. The van der Waals surface area contributed by atoms with Crippen molar-refractivity contribution in [3.63, 3.8) is 0 Å². The van der Waals surface area contributed by atoms with Gasteiger partial charge in [0.1, 0.15) is 11.6 Å². The number of pyridine rings is 1. The first kappa shape index (κ1) is 17.5. The van der Waals surface area contributed by atoms with Crippen LogP contribution < -0.4 is 5.32 Å². The highest BCUT2D eigenvalue weighted by Crippen LogP contribution is 2.27. The maximum atomic E-state index is 13.7. The van der Waals surface area contributed by atoms with Gasteiger partial charge in [-0.3, -0.25) is 9.78 Å². The molecular weight excluding hydrogens is 362 g/mol. The fourth-order valence-electron chi connectivity index (χ4n) is 2.87. The number of carbonyl (C=O) groups is 1. The molecule has 28 heavy (non-hydrogen) atoms. The molecule has 138 valence electrons. The summed E-state index contributed by atoms with van der Waals surface area (Å²) in [6, 6.07) is 15.0. The second-order valence-corrected chi connectivity index (χ2v) is 6.00. The molecule has 0 aliphatic carbocycles. The van der Waals surface area contributed by atoms with Crippen LogP contribution in [0.25, 0.3) is 16.9 Å². The molecule has 7 heteroatoms. The first-order valence-corrected chi connectivity index (χ1v) is 8.43. The number of nitrogens with one attached hydrogen (secondary N) is 1. The predicted octanol–water partition coefficient (Wildman–Crippen LogP) is 4.46. The van der Waals surface area contributed by atoms with Gasteiger partial charge in [-0.1, -0.05) is 12.1 Å². The summed E-state index contributed by atoms with van der Waals surface area (Å²) in [5, 5.41) is 6.94. The Kier molecular flexibility index (Phi) is 4.63. The molecule has 1 amide bonds. The van der Waals surface area contributed by atoms with Crippen molar-refractivity contribution in [3.05, 3.63) is 96.5 Å². The number of nitrogens with zero attached hydrogens (tertiary/aromatic N) is 3. The number of hydrogen-bond acceptors (Lipinski definition) is 3. The number of benzene rings is 2. The highest BCUT2D eigenvalue weighted by Gasteiger charge is 2.20. The smallest absolute Gasteiger partial charge is 0.259 e. The van der Waals surface area contributed by atoms with E-state index in [0.29, 0.717) is 22.6 Å². The predicted molar refractivity (Wildman–Crippen MR) is 101 cm³/mol. The van der Waals surface area contributed by atoms with Gasteiger partial charge in [0.15, 0.2) is 0 Å². The zero-order chi connectivity index (χ0) is 19.5. The lowest BCUT2D eigenvalue weighted by molar-refractivity contribution is 0.102. The van der Waals surface area contributed by atoms with Crippen molar-refractivity contribution in [2.24, 2.45) is 0 Å². The van der Waals surface area contributed by atoms with Crippen molar-refractivity contribution < 1.29 is 13.6 Å². The van der Waals surface area contributed by atoms with Crippen molar-refractivity contribution in [3.8, 4) is 16.9 Å². The van der Waals surface area contributed by atoms with Crippen molar-refractivity contribution in [1.29, 1.82) is 0 Å². The molecule has 0 saturated carbocycles. The number of halogens is 2. The standard InChI is InChI=1S/C21H14F2N4O/c22-15-3-1-5-17(11-15)26-21(28)19-13-25-27(18-6-2-4-16(23)12-18)20(19)14-7-9-24-10-8-14/h1-13H,(H,26,28). The van der Waals surface area contributed by atoms with E-state index in [-0.39, 0.29) is 5.56 Å². The summed E-state index contributed by atoms with van der Waals surface area (Å²) in [5.41, 5.74) is 2.21. The van der Waals surface area contributed by atoms with E-state index in [1.54, 1.807) is 42.7 Å². The van der Waals surface area contributed by atoms with Crippen molar-refractivity contribution >= 4 is 11.6 Å². The second kappa shape index (κ2) is 7.40. The van der Waals surface area contributed by atoms with Crippen LogP contribution in [0.2, 0.25) is 0 Å². The zero-order valence-corrected chi connectivity index (χ0v) is 14.5. The van der Waals surface area contributed by atoms with Gasteiger partial charge in [0.2, 0.25) is 0 Å². The first-order chi connectivity index (χ1) is 13.6. The van der Waals surface area contributed by atoms with Crippen molar-refractivity contribution in [1.82, 2.24) is 14.8 Å². The average Bonchev–Trinajstić information content (AvgIpc) is 3.14. The molecule has 4 rings (SSSR count). The Labute approximate surface area is 159 Å². The molecule has 1 N–H and O–H groups in total. The maximum Gasteiger partial charge on any atom is 0.259 e. The highest BCUT2D eigenvalue weighted by atomic mass is 19.1. The topological polar surface area (TPSA) is 59.8 Å². The fourth-order valence-corrected chi connectivity index (χ4v) is 2.87. The lowest BCUT2D eigenvalue weighted by atomic mass is 10.1. The minimum Gasteiger partial charge on any atom is -0.322 e. The number of rotatable bonds is 4.